The fourth-order valence-electron chi connectivity index (χ4n) is 6.13. The van der Waals surface area contributed by atoms with Gasteiger partial charge in [0.05, 0.1) is 11.0 Å². The Morgan fingerprint density at radius 3 is 1.93 bits per heavy atom. The molecule has 0 aliphatic rings. The lowest BCUT2D eigenvalue weighted by Crippen LogP contribution is -1.99. The van der Waals surface area contributed by atoms with Crippen LogP contribution in [-0.2, 0) is 6.54 Å². The standard InChI is InChI=1S/C37H26N2S/c38-23-24-9-6-12-27(21-24)39-34-18-5-4-13-30(34)31-20-19-26(22-35(31)39)29-15-8-17-33-32-16-7-14-28(36(32)40-37(29)33)25-10-2-1-3-11-25/h1-22H,23,38H2. The number of thiophene rings is 1. The van der Waals surface area contributed by atoms with Crippen molar-refractivity contribution in [1.82, 2.24) is 4.57 Å². The molecule has 0 radical (unpaired) electrons. The molecule has 0 aliphatic carbocycles. The molecule has 2 heterocycles. The van der Waals surface area contributed by atoms with E-state index in [2.05, 4.69) is 138 Å². The third kappa shape index (κ3) is 3.52. The zero-order valence-corrected chi connectivity index (χ0v) is 22.7. The van der Waals surface area contributed by atoms with E-state index in [4.69, 9.17) is 5.73 Å². The number of hydrogen-bond donors (Lipinski definition) is 1. The second kappa shape index (κ2) is 9.20. The van der Waals surface area contributed by atoms with Gasteiger partial charge in [0.2, 0.25) is 0 Å². The quantitative estimate of drug-likeness (QED) is 0.241. The molecule has 0 atom stereocenters. The third-order valence-corrected chi connectivity index (χ3v) is 9.29. The van der Waals surface area contributed by atoms with Gasteiger partial charge in [-0.15, -0.1) is 11.3 Å². The normalized spacial score (nSPS) is 11.7. The van der Waals surface area contributed by atoms with Gasteiger partial charge in [0, 0.05) is 43.2 Å². The van der Waals surface area contributed by atoms with Crippen molar-refractivity contribution in [2.75, 3.05) is 0 Å². The number of fused-ring (bicyclic) bond motifs is 6. The van der Waals surface area contributed by atoms with E-state index in [1.54, 1.807) is 0 Å². The van der Waals surface area contributed by atoms with Crippen LogP contribution in [0.15, 0.2) is 133 Å². The maximum atomic E-state index is 6.02. The van der Waals surface area contributed by atoms with Crippen LogP contribution in [0.3, 0.4) is 0 Å². The number of rotatable bonds is 4. The molecule has 6 aromatic carbocycles. The second-order valence-corrected chi connectivity index (χ2v) is 11.3. The summed E-state index contributed by atoms with van der Waals surface area (Å²) in [6.45, 7) is 0.523. The molecule has 2 N–H and O–H groups in total. The molecule has 8 aromatic rings. The van der Waals surface area contributed by atoms with E-state index in [-0.39, 0.29) is 0 Å². The summed E-state index contributed by atoms with van der Waals surface area (Å²) in [6.07, 6.45) is 0. The molecule has 2 aromatic heterocycles. The molecule has 0 saturated heterocycles. The summed E-state index contributed by atoms with van der Waals surface area (Å²) in [5, 5.41) is 5.14. The van der Waals surface area contributed by atoms with Crippen molar-refractivity contribution in [3.05, 3.63) is 139 Å². The summed E-state index contributed by atoms with van der Waals surface area (Å²) >= 11 is 1.90. The highest BCUT2D eigenvalue weighted by Gasteiger charge is 2.17. The van der Waals surface area contributed by atoms with E-state index >= 15 is 0 Å². The highest BCUT2D eigenvalue weighted by Crippen LogP contribution is 2.44. The van der Waals surface area contributed by atoms with Gasteiger partial charge in [-0.3, -0.25) is 0 Å². The van der Waals surface area contributed by atoms with Crippen LogP contribution in [0.5, 0.6) is 0 Å². The van der Waals surface area contributed by atoms with E-state index in [1.165, 1.54) is 64.2 Å². The molecule has 0 bridgehead atoms. The van der Waals surface area contributed by atoms with Crippen LogP contribution in [0.1, 0.15) is 5.56 Å². The Morgan fingerprint density at radius 1 is 0.500 bits per heavy atom. The maximum Gasteiger partial charge on any atom is 0.0547 e. The van der Waals surface area contributed by atoms with Gasteiger partial charge >= 0.3 is 0 Å². The van der Waals surface area contributed by atoms with Gasteiger partial charge in [-0.25, -0.2) is 0 Å². The van der Waals surface area contributed by atoms with Crippen molar-refractivity contribution in [2.45, 2.75) is 6.54 Å². The molecule has 0 saturated carbocycles. The Balaban J connectivity index is 1.39. The molecule has 2 nitrogen and oxygen atoms in total. The van der Waals surface area contributed by atoms with Crippen LogP contribution in [0.2, 0.25) is 0 Å². The lowest BCUT2D eigenvalue weighted by Gasteiger charge is -2.11. The Labute approximate surface area is 236 Å². The average Bonchev–Trinajstić information content (AvgIpc) is 3.57. The van der Waals surface area contributed by atoms with E-state index < -0.39 is 0 Å². The Morgan fingerprint density at radius 2 is 1.15 bits per heavy atom. The maximum absolute atomic E-state index is 6.02. The van der Waals surface area contributed by atoms with Crippen molar-refractivity contribution < 1.29 is 0 Å². The molecule has 0 unspecified atom stereocenters. The lowest BCUT2D eigenvalue weighted by molar-refractivity contribution is 1.06. The fraction of sp³-hybridized carbons (Fsp3) is 0.0270. The minimum Gasteiger partial charge on any atom is -0.326 e. The van der Waals surface area contributed by atoms with Crippen molar-refractivity contribution in [1.29, 1.82) is 0 Å². The molecular weight excluding hydrogens is 504 g/mol. The SMILES string of the molecule is NCc1cccc(-n2c3ccccc3c3ccc(-c4cccc5c4sc4c(-c6ccccc6)cccc45)cc32)c1. The summed E-state index contributed by atoms with van der Waals surface area (Å²) in [4.78, 5) is 0. The number of benzene rings is 6. The van der Waals surface area contributed by atoms with Crippen molar-refractivity contribution in [3.8, 4) is 27.9 Å². The second-order valence-electron chi connectivity index (χ2n) is 10.3. The summed E-state index contributed by atoms with van der Waals surface area (Å²) in [7, 11) is 0. The van der Waals surface area contributed by atoms with Gasteiger partial charge < -0.3 is 10.3 Å². The minimum atomic E-state index is 0.523. The Bertz CT molecular complexity index is 2200. The van der Waals surface area contributed by atoms with Crippen LogP contribution in [0.4, 0.5) is 0 Å². The molecule has 0 amide bonds. The summed E-state index contributed by atoms with van der Waals surface area (Å²) in [6, 6.07) is 48.3. The molecule has 0 fully saturated rings. The minimum absolute atomic E-state index is 0.523. The van der Waals surface area contributed by atoms with Gasteiger partial charge in [-0.1, -0.05) is 109 Å². The highest BCUT2D eigenvalue weighted by atomic mass is 32.1. The topological polar surface area (TPSA) is 30.9 Å². The summed E-state index contributed by atoms with van der Waals surface area (Å²) in [5.41, 5.74) is 15.7. The molecular formula is C37H26N2S. The fourth-order valence-corrected chi connectivity index (χ4v) is 7.50. The number of nitrogens with zero attached hydrogens (tertiary/aromatic N) is 1. The number of hydrogen-bond acceptors (Lipinski definition) is 2. The number of para-hydroxylation sites is 1. The zero-order valence-electron chi connectivity index (χ0n) is 21.8. The Hall–Kier alpha value is -4.70. The van der Waals surface area contributed by atoms with Crippen LogP contribution in [0, 0.1) is 0 Å². The van der Waals surface area contributed by atoms with E-state index in [0.29, 0.717) is 6.54 Å². The molecule has 8 rings (SSSR count). The first-order chi connectivity index (χ1) is 19.8. The molecule has 40 heavy (non-hydrogen) atoms. The van der Waals surface area contributed by atoms with Crippen LogP contribution in [-0.4, -0.2) is 4.57 Å². The monoisotopic (exact) mass is 530 g/mol. The predicted octanol–water partition coefficient (Wildman–Crippen LogP) is 9.94. The summed E-state index contributed by atoms with van der Waals surface area (Å²) < 4.78 is 5.05. The summed E-state index contributed by atoms with van der Waals surface area (Å²) in [5.74, 6) is 0. The first kappa shape index (κ1) is 23.2. The molecule has 3 heteroatoms. The van der Waals surface area contributed by atoms with E-state index in [0.717, 1.165) is 11.3 Å². The van der Waals surface area contributed by atoms with Gasteiger partial charge in [-0.05, 0) is 52.1 Å². The van der Waals surface area contributed by atoms with Gasteiger partial charge in [-0.2, -0.15) is 0 Å². The smallest absolute Gasteiger partial charge is 0.0547 e. The van der Waals surface area contributed by atoms with Crippen molar-refractivity contribution in [3.63, 3.8) is 0 Å². The Kier molecular flexibility index (Phi) is 5.34. The number of aromatic nitrogens is 1. The van der Waals surface area contributed by atoms with Crippen LogP contribution >= 0.6 is 11.3 Å². The molecule has 0 spiro atoms. The number of nitrogens with two attached hydrogens (primary N) is 1. The predicted molar refractivity (Wildman–Crippen MR) is 172 cm³/mol. The molecule has 190 valence electrons. The molecule has 0 aliphatic heterocycles. The van der Waals surface area contributed by atoms with Crippen molar-refractivity contribution >= 4 is 53.3 Å². The van der Waals surface area contributed by atoms with E-state index in [1.807, 2.05) is 11.3 Å². The first-order valence-electron chi connectivity index (χ1n) is 13.6. The average molecular weight is 531 g/mol. The first-order valence-corrected chi connectivity index (χ1v) is 14.4. The van der Waals surface area contributed by atoms with Crippen LogP contribution in [0.25, 0.3) is 69.9 Å². The lowest BCUT2D eigenvalue weighted by atomic mass is 9.99. The van der Waals surface area contributed by atoms with Crippen molar-refractivity contribution in [2.24, 2.45) is 5.73 Å². The highest BCUT2D eigenvalue weighted by molar-refractivity contribution is 7.26. The zero-order chi connectivity index (χ0) is 26.6. The van der Waals surface area contributed by atoms with E-state index in [9.17, 15) is 0 Å². The third-order valence-electron chi connectivity index (χ3n) is 8.00. The largest absolute Gasteiger partial charge is 0.326 e. The van der Waals surface area contributed by atoms with Gasteiger partial charge in [0.25, 0.3) is 0 Å². The van der Waals surface area contributed by atoms with Gasteiger partial charge in [0.15, 0.2) is 0 Å². The van der Waals surface area contributed by atoms with Crippen LogP contribution < -0.4 is 5.73 Å². The van der Waals surface area contributed by atoms with Gasteiger partial charge in [0.1, 0.15) is 0 Å².